The molecule has 5 aliphatic carbocycles. The number of fused-ring (bicyclic) bond motifs is 6. The van der Waals surface area contributed by atoms with E-state index in [-0.39, 0.29) is 49.8 Å². The lowest BCUT2D eigenvalue weighted by Crippen LogP contribution is -2.64. The molecule has 0 radical (unpaired) electrons. The number of ketones is 1. The lowest BCUT2D eigenvalue weighted by atomic mass is 9.33. The minimum atomic E-state index is -1.03. The first-order valence-electron chi connectivity index (χ1n) is 21.7. The number of carboxylic acids is 1. The van der Waals surface area contributed by atoms with Gasteiger partial charge in [0.2, 0.25) is 5.91 Å². The van der Waals surface area contributed by atoms with Crippen molar-refractivity contribution in [2.75, 3.05) is 46.3 Å². The molecule has 6 aliphatic rings. The number of rotatable bonds is 9. The van der Waals surface area contributed by atoms with E-state index >= 15 is 0 Å². The van der Waals surface area contributed by atoms with Crippen LogP contribution in [-0.4, -0.2) is 78.9 Å². The Morgan fingerprint density at radius 1 is 0.796 bits per heavy atom. The smallest absolute Gasteiger partial charge is 0.336 e. The highest BCUT2D eigenvalue weighted by Crippen LogP contribution is 2.76. The highest BCUT2D eigenvalue weighted by atomic mass is 16.4. The van der Waals surface area contributed by atoms with E-state index in [4.69, 9.17) is 0 Å². The number of carbonyl (C=O) groups excluding carboxylic acids is 2. The number of nitrogens with one attached hydrogen (secondary N) is 1. The minimum absolute atomic E-state index is 0.0284. The third-order valence-electron chi connectivity index (χ3n) is 17.6. The van der Waals surface area contributed by atoms with Crippen molar-refractivity contribution >= 4 is 17.7 Å². The van der Waals surface area contributed by atoms with Gasteiger partial charge in [-0.1, -0.05) is 77.8 Å². The summed E-state index contributed by atoms with van der Waals surface area (Å²) in [5.41, 5.74) is 3.89. The Labute approximate surface area is 326 Å². The lowest BCUT2D eigenvalue weighted by Gasteiger charge is -2.71. The number of piperazine rings is 1. The first-order valence-corrected chi connectivity index (χ1v) is 21.7. The number of carbonyl (C=O) groups is 3. The third-order valence-corrected chi connectivity index (χ3v) is 17.6. The van der Waals surface area contributed by atoms with Gasteiger partial charge < -0.3 is 20.2 Å². The Bertz CT molecular complexity index is 1670. The van der Waals surface area contributed by atoms with Crippen molar-refractivity contribution < 1.29 is 19.5 Å². The second-order valence-electron chi connectivity index (χ2n) is 21.1. The fourth-order valence-corrected chi connectivity index (χ4v) is 14.1. The van der Waals surface area contributed by atoms with Gasteiger partial charge >= 0.3 is 5.97 Å². The van der Waals surface area contributed by atoms with Gasteiger partial charge in [0.1, 0.15) is 0 Å². The first-order chi connectivity index (χ1) is 25.4. The fourth-order valence-electron chi connectivity index (χ4n) is 14.1. The maximum Gasteiger partial charge on any atom is 0.336 e. The quantitative estimate of drug-likeness (QED) is 0.149. The molecular formula is C47H71N3O4. The van der Waals surface area contributed by atoms with Gasteiger partial charge in [-0.15, -0.1) is 0 Å². The number of amides is 1. The molecule has 1 aromatic carbocycles. The highest BCUT2D eigenvalue weighted by molar-refractivity contribution is 6.05. The number of likely N-dealkylation sites (N-methyl/N-ethyl adjacent to an activating group) is 1. The van der Waals surface area contributed by atoms with Crippen LogP contribution in [0.5, 0.6) is 0 Å². The molecule has 0 bridgehead atoms. The number of allylic oxidation sites excluding steroid dienone is 1. The van der Waals surface area contributed by atoms with Crippen molar-refractivity contribution in [2.45, 2.75) is 132 Å². The summed E-state index contributed by atoms with van der Waals surface area (Å²) < 4.78 is 0. The van der Waals surface area contributed by atoms with Crippen LogP contribution in [-0.2, 0) is 4.79 Å². The third kappa shape index (κ3) is 6.43. The molecule has 7 nitrogen and oxygen atoms in total. The van der Waals surface area contributed by atoms with Crippen molar-refractivity contribution in [1.82, 2.24) is 15.1 Å². The summed E-state index contributed by atoms with van der Waals surface area (Å²) in [5, 5.41) is 13.3. The zero-order valence-corrected chi connectivity index (χ0v) is 35.0. The molecule has 7 rings (SSSR count). The van der Waals surface area contributed by atoms with E-state index in [0.29, 0.717) is 29.7 Å². The van der Waals surface area contributed by atoms with Crippen molar-refractivity contribution in [2.24, 2.45) is 50.2 Å². The molecule has 1 saturated heterocycles. The summed E-state index contributed by atoms with van der Waals surface area (Å²) in [6.07, 6.45) is 13.4. The van der Waals surface area contributed by atoms with Gasteiger partial charge in [-0.3, -0.25) is 9.59 Å². The molecule has 0 spiro atoms. The zero-order valence-electron chi connectivity index (χ0n) is 35.0. The number of carboxylic acid groups (broad SMARTS) is 1. The van der Waals surface area contributed by atoms with Crippen LogP contribution in [0.2, 0.25) is 0 Å². The molecule has 7 atom stereocenters. The summed E-state index contributed by atoms with van der Waals surface area (Å²) >= 11 is 0. The van der Waals surface area contributed by atoms with Crippen LogP contribution in [0.15, 0.2) is 35.4 Å². The van der Waals surface area contributed by atoms with Crippen LogP contribution in [0, 0.1) is 50.2 Å². The van der Waals surface area contributed by atoms with Crippen LogP contribution in [0.3, 0.4) is 0 Å². The normalized spacial score (nSPS) is 37.7. The van der Waals surface area contributed by atoms with Crippen LogP contribution in [0.25, 0.3) is 0 Å². The van der Waals surface area contributed by atoms with E-state index in [0.717, 1.165) is 103 Å². The Hall–Kier alpha value is -2.51. The molecule has 5 fully saturated rings. The highest BCUT2D eigenvalue weighted by Gasteiger charge is 2.68. The Balaban J connectivity index is 1.11. The summed E-state index contributed by atoms with van der Waals surface area (Å²) in [4.78, 5) is 45.2. The standard InChI is InChI=1S/C47H71N3O4/c1-42(2)20-22-47(41(54)48-24-11-25-50-28-26-49(8)27-29-50)23-21-45(6)35(36(47)31-42)14-15-39-44(5)18-16-32(43(3,4)38(44)17-19-46(39,45)7)30-37(51)33-12-9-10-13-34(33)40(52)53/h9-10,12-13,32,38-39H,11,14-31H2,1-8H3,(H,48,54)(H,52,53)/t32?,38-,39+,44-,45+,46+,47-/m0/s1. The molecule has 1 heterocycles. The van der Waals surface area contributed by atoms with Gasteiger partial charge in [-0.2, -0.15) is 0 Å². The number of Topliss-reactive ketones (excluding diaryl/α,β-unsaturated/α-hetero) is 1. The molecule has 1 amide bonds. The van der Waals surface area contributed by atoms with Crippen LogP contribution < -0.4 is 5.32 Å². The topological polar surface area (TPSA) is 90.0 Å². The Morgan fingerprint density at radius 2 is 1.48 bits per heavy atom. The minimum Gasteiger partial charge on any atom is -0.478 e. The van der Waals surface area contributed by atoms with E-state index in [1.807, 2.05) is 0 Å². The average Bonchev–Trinajstić information content (AvgIpc) is 3.12. The van der Waals surface area contributed by atoms with Crippen LogP contribution in [0.4, 0.5) is 0 Å². The maximum atomic E-state index is 14.5. The Kier molecular flexibility index (Phi) is 10.4. The fraction of sp³-hybridized carbons (Fsp3) is 0.766. The Morgan fingerprint density at radius 3 is 2.19 bits per heavy atom. The van der Waals surface area contributed by atoms with Crippen molar-refractivity contribution in [3.8, 4) is 0 Å². The van der Waals surface area contributed by atoms with Gasteiger partial charge in [-0.05, 0) is 142 Å². The van der Waals surface area contributed by atoms with E-state index < -0.39 is 5.97 Å². The summed E-state index contributed by atoms with van der Waals surface area (Å²) in [5.74, 6) is 0.576. The predicted octanol–water partition coefficient (Wildman–Crippen LogP) is 9.27. The average molecular weight is 742 g/mol. The van der Waals surface area contributed by atoms with Crippen molar-refractivity contribution in [1.29, 1.82) is 0 Å². The second kappa shape index (κ2) is 14.1. The van der Waals surface area contributed by atoms with E-state index in [9.17, 15) is 19.5 Å². The molecule has 1 aromatic rings. The summed E-state index contributed by atoms with van der Waals surface area (Å²) in [7, 11) is 2.20. The molecule has 2 N–H and O–H groups in total. The van der Waals surface area contributed by atoms with Crippen molar-refractivity contribution in [3.63, 3.8) is 0 Å². The monoisotopic (exact) mass is 742 g/mol. The zero-order chi connectivity index (χ0) is 38.9. The molecule has 1 aliphatic heterocycles. The second-order valence-corrected chi connectivity index (χ2v) is 21.1. The maximum absolute atomic E-state index is 14.5. The SMILES string of the molecule is CN1CCN(CCCNC(=O)[C@]23CCC(C)(C)CC2=C2CC[C@@H]4[C@@]5(C)CCC(CC(=O)c6ccccc6C(=O)O)C(C)(C)[C@@H]5CC[C@@]4(C)[C@]2(C)CC3)CC1. The molecule has 7 heteroatoms. The molecule has 0 aromatic heterocycles. The van der Waals surface area contributed by atoms with E-state index in [2.05, 4.69) is 70.6 Å². The molecular weight excluding hydrogens is 671 g/mol. The van der Waals surface area contributed by atoms with Crippen LogP contribution in [0.1, 0.15) is 153 Å². The number of hydrogen-bond acceptors (Lipinski definition) is 5. The van der Waals surface area contributed by atoms with E-state index in [1.54, 1.807) is 29.8 Å². The first kappa shape index (κ1) is 39.7. The molecule has 4 saturated carbocycles. The number of hydrogen-bond donors (Lipinski definition) is 2. The largest absolute Gasteiger partial charge is 0.478 e. The summed E-state index contributed by atoms with van der Waals surface area (Å²) in [6, 6.07) is 6.73. The molecule has 1 unspecified atom stereocenters. The number of benzene rings is 1. The number of aromatic carboxylic acids is 1. The van der Waals surface area contributed by atoms with Crippen LogP contribution >= 0.6 is 0 Å². The van der Waals surface area contributed by atoms with Gasteiger partial charge in [0.15, 0.2) is 5.78 Å². The van der Waals surface area contributed by atoms with Gasteiger partial charge in [-0.25, -0.2) is 4.79 Å². The predicted molar refractivity (Wildman–Crippen MR) is 217 cm³/mol. The lowest BCUT2D eigenvalue weighted by molar-refractivity contribution is -0.193. The van der Waals surface area contributed by atoms with Gasteiger partial charge in [0.25, 0.3) is 0 Å². The van der Waals surface area contributed by atoms with Gasteiger partial charge in [0, 0.05) is 44.7 Å². The molecule has 298 valence electrons. The number of nitrogens with zero attached hydrogens (tertiary/aromatic N) is 2. The van der Waals surface area contributed by atoms with Crippen molar-refractivity contribution in [3.05, 3.63) is 46.5 Å². The van der Waals surface area contributed by atoms with E-state index in [1.165, 1.54) is 18.4 Å². The summed E-state index contributed by atoms with van der Waals surface area (Å²) in [6.45, 7) is 23.9. The molecule has 54 heavy (non-hydrogen) atoms. The van der Waals surface area contributed by atoms with Gasteiger partial charge in [0.05, 0.1) is 11.0 Å².